The van der Waals surface area contributed by atoms with Crippen molar-refractivity contribution in [3.8, 4) is 5.75 Å². The summed E-state index contributed by atoms with van der Waals surface area (Å²) < 4.78 is 31.4. The first kappa shape index (κ1) is 20.8. The van der Waals surface area contributed by atoms with Crippen LogP contribution in [0.15, 0.2) is 36.4 Å². The number of hydrogen-bond donors (Lipinski definition) is 1. The molecule has 2 aromatic rings. The van der Waals surface area contributed by atoms with Crippen molar-refractivity contribution >= 4 is 27.3 Å². The van der Waals surface area contributed by atoms with Crippen molar-refractivity contribution in [3.63, 3.8) is 0 Å². The van der Waals surface area contributed by atoms with Gasteiger partial charge in [0.25, 0.3) is 0 Å². The van der Waals surface area contributed by atoms with Gasteiger partial charge in [0.2, 0.25) is 15.9 Å². The summed E-state index contributed by atoms with van der Waals surface area (Å²) in [6, 6.07) is 9.91. The fourth-order valence-electron chi connectivity index (χ4n) is 2.94. The van der Waals surface area contributed by atoms with E-state index in [-0.39, 0.29) is 0 Å². The highest BCUT2D eigenvalue weighted by molar-refractivity contribution is 7.92. The number of ether oxygens (including phenoxy) is 1. The molecule has 0 heterocycles. The van der Waals surface area contributed by atoms with Crippen molar-refractivity contribution in [2.45, 2.75) is 33.7 Å². The summed E-state index contributed by atoms with van der Waals surface area (Å²) in [6.45, 7) is 7.27. The molecule has 0 bridgehead atoms. The maximum Gasteiger partial charge on any atom is 0.248 e. The van der Waals surface area contributed by atoms with Crippen LogP contribution in [-0.2, 0) is 14.8 Å². The van der Waals surface area contributed by atoms with E-state index in [9.17, 15) is 13.2 Å². The Kier molecular flexibility index (Phi) is 6.15. The molecule has 146 valence electrons. The zero-order valence-corrected chi connectivity index (χ0v) is 17.3. The van der Waals surface area contributed by atoms with Gasteiger partial charge in [0.15, 0.2) is 0 Å². The van der Waals surface area contributed by atoms with Gasteiger partial charge >= 0.3 is 0 Å². The van der Waals surface area contributed by atoms with Gasteiger partial charge in [-0.15, -0.1) is 0 Å². The Labute approximate surface area is 161 Å². The normalized spacial score (nSPS) is 12.4. The first-order chi connectivity index (χ1) is 12.5. The molecule has 1 N–H and O–H groups in total. The molecule has 0 saturated heterocycles. The summed E-state index contributed by atoms with van der Waals surface area (Å²) in [5.41, 5.74) is 3.85. The van der Waals surface area contributed by atoms with Gasteiger partial charge in [-0.1, -0.05) is 23.8 Å². The lowest BCUT2D eigenvalue weighted by molar-refractivity contribution is -0.116. The molecule has 0 aromatic heterocycles. The van der Waals surface area contributed by atoms with E-state index in [1.54, 1.807) is 19.1 Å². The van der Waals surface area contributed by atoms with Crippen LogP contribution in [0.2, 0.25) is 0 Å². The Morgan fingerprint density at radius 3 is 2.22 bits per heavy atom. The number of amides is 1. The molecule has 1 amide bonds. The Morgan fingerprint density at radius 2 is 1.67 bits per heavy atom. The molecular formula is C20H26N2O4S. The number of methoxy groups -OCH3 is 1. The third-order valence-corrected chi connectivity index (χ3v) is 5.53. The summed E-state index contributed by atoms with van der Waals surface area (Å²) >= 11 is 0. The number of aryl methyl sites for hydroxylation is 3. The number of benzene rings is 2. The van der Waals surface area contributed by atoms with Gasteiger partial charge in [-0.2, -0.15) is 0 Å². The average Bonchev–Trinajstić information content (AvgIpc) is 2.56. The predicted molar refractivity (Wildman–Crippen MR) is 109 cm³/mol. The molecule has 0 fully saturated rings. The fourth-order valence-corrected chi connectivity index (χ4v) is 4.11. The molecule has 0 saturated carbocycles. The molecule has 0 aliphatic carbocycles. The minimum Gasteiger partial charge on any atom is -0.495 e. The molecule has 0 aliphatic rings. The third kappa shape index (κ3) is 4.80. The fraction of sp³-hybridized carbons (Fsp3) is 0.350. The third-order valence-electron chi connectivity index (χ3n) is 4.30. The van der Waals surface area contributed by atoms with Crippen LogP contribution in [0.4, 0.5) is 11.4 Å². The number of rotatable bonds is 6. The Morgan fingerprint density at radius 1 is 1.07 bits per heavy atom. The maximum absolute atomic E-state index is 12.8. The van der Waals surface area contributed by atoms with Crippen LogP contribution >= 0.6 is 0 Å². The zero-order valence-electron chi connectivity index (χ0n) is 16.5. The molecule has 6 nitrogen and oxygen atoms in total. The highest BCUT2D eigenvalue weighted by Crippen LogP contribution is 2.33. The molecule has 1 atom stereocenters. The predicted octanol–water partition coefficient (Wildman–Crippen LogP) is 3.41. The molecule has 27 heavy (non-hydrogen) atoms. The van der Waals surface area contributed by atoms with Crippen LogP contribution in [0, 0.1) is 20.8 Å². The number of nitrogens with zero attached hydrogens (tertiary/aromatic N) is 1. The van der Waals surface area contributed by atoms with E-state index in [4.69, 9.17) is 4.74 Å². The quantitative estimate of drug-likeness (QED) is 0.820. The number of nitrogens with one attached hydrogen (secondary N) is 1. The standard InChI is InChI=1S/C20H26N2O4S/c1-13-7-9-17(15(3)11-13)21-20(23)16(4)22(27(6,24)25)18-12-14(2)8-10-19(18)26-5/h7-12,16H,1-6H3,(H,21,23)/t16-/m0/s1. The largest absolute Gasteiger partial charge is 0.495 e. The topological polar surface area (TPSA) is 75.7 Å². The maximum atomic E-state index is 12.8. The van der Waals surface area contributed by atoms with Gasteiger partial charge in [-0.3, -0.25) is 9.10 Å². The summed E-state index contributed by atoms with van der Waals surface area (Å²) in [5, 5.41) is 2.83. The minimum absolute atomic E-state index is 0.336. The molecule has 0 spiro atoms. The SMILES string of the molecule is COc1ccc(C)cc1N([C@@H](C)C(=O)Nc1ccc(C)cc1C)S(C)(=O)=O. The Balaban J connectivity index is 2.42. The summed E-state index contributed by atoms with van der Waals surface area (Å²) in [6.07, 6.45) is 1.08. The lowest BCUT2D eigenvalue weighted by Gasteiger charge is -2.29. The van der Waals surface area contributed by atoms with Gasteiger partial charge in [0.05, 0.1) is 19.1 Å². The van der Waals surface area contributed by atoms with Crippen molar-refractivity contribution < 1.29 is 17.9 Å². The molecule has 2 rings (SSSR count). The van der Waals surface area contributed by atoms with Gasteiger partial charge in [-0.25, -0.2) is 8.42 Å². The summed E-state index contributed by atoms with van der Waals surface area (Å²) in [4.78, 5) is 12.8. The van der Waals surface area contributed by atoms with Gasteiger partial charge < -0.3 is 10.1 Å². The molecule has 2 aromatic carbocycles. The van der Waals surface area contributed by atoms with Crippen molar-refractivity contribution in [3.05, 3.63) is 53.1 Å². The number of hydrogen-bond acceptors (Lipinski definition) is 4. The van der Waals surface area contributed by atoms with Crippen LogP contribution in [-0.4, -0.2) is 33.7 Å². The van der Waals surface area contributed by atoms with Crippen LogP contribution in [0.5, 0.6) is 5.75 Å². The van der Waals surface area contributed by atoms with E-state index in [1.807, 2.05) is 45.0 Å². The summed E-state index contributed by atoms with van der Waals surface area (Å²) in [7, 11) is -2.26. The van der Waals surface area contributed by atoms with Crippen LogP contribution in [0.1, 0.15) is 23.6 Å². The zero-order chi connectivity index (χ0) is 20.4. The number of carbonyl (C=O) groups excluding carboxylic acids is 1. The van der Waals surface area contributed by atoms with E-state index < -0.39 is 22.0 Å². The highest BCUT2D eigenvalue weighted by atomic mass is 32.2. The first-order valence-electron chi connectivity index (χ1n) is 8.56. The van der Waals surface area contributed by atoms with Crippen molar-refractivity contribution in [1.29, 1.82) is 0 Å². The second-order valence-corrected chi connectivity index (χ2v) is 8.58. The van der Waals surface area contributed by atoms with E-state index in [0.29, 0.717) is 17.1 Å². The van der Waals surface area contributed by atoms with Crippen molar-refractivity contribution in [2.24, 2.45) is 0 Å². The Bertz CT molecular complexity index is 954. The van der Waals surface area contributed by atoms with E-state index in [1.165, 1.54) is 7.11 Å². The molecule has 0 unspecified atom stereocenters. The van der Waals surface area contributed by atoms with Crippen LogP contribution in [0.3, 0.4) is 0 Å². The smallest absolute Gasteiger partial charge is 0.248 e. The average molecular weight is 391 g/mol. The number of carbonyl (C=O) groups is 1. The number of sulfonamides is 1. The van der Waals surface area contributed by atoms with Crippen LogP contribution < -0.4 is 14.4 Å². The summed E-state index contributed by atoms with van der Waals surface area (Å²) in [5.74, 6) is -0.0341. The Hall–Kier alpha value is -2.54. The van der Waals surface area contributed by atoms with Crippen molar-refractivity contribution in [2.75, 3.05) is 23.0 Å². The first-order valence-corrected chi connectivity index (χ1v) is 10.4. The van der Waals surface area contributed by atoms with Crippen molar-refractivity contribution in [1.82, 2.24) is 0 Å². The van der Waals surface area contributed by atoms with E-state index in [0.717, 1.165) is 27.3 Å². The molecular weight excluding hydrogens is 364 g/mol. The monoisotopic (exact) mass is 390 g/mol. The lowest BCUT2D eigenvalue weighted by atomic mass is 10.1. The molecule has 0 aliphatic heterocycles. The van der Waals surface area contributed by atoms with E-state index in [2.05, 4.69) is 5.32 Å². The molecule has 7 heteroatoms. The molecule has 0 radical (unpaired) electrons. The second-order valence-electron chi connectivity index (χ2n) is 6.72. The highest BCUT2D eigenvalue weighted by Gasteiger charge is 2.31. The van der Waals surface area contributed by atoms with Gasteiger partial charge in [0, 0.05) is 5.69 Å². The van der Waals surface area contributed by atoms with E-state index >= 15 is 0 Å². The van der Waals surface area contributed by atoms with Gasteiger partial charge in [0.1, 0.15) is 11.8 Å². The second kappa shape index (κ2) is 8.00. The number of anilines is 2. The van der Waals surface area contributed by atoms with Crippen LogP contribution in [0.25, 0.3) is 0 Å². The van der Waals surface area contributed by atoms with Gasteiger partial charge in [-0.05, 0) is 57.0 Å². The lowest BCUT2D eigenvalue weighted by Crippen LogP contribution is -2.45. The minimum atomic E-state index is -3.73.